The lowest BCUT2D eigenvalue weighted by Crippen LogP contribution is -2.12. The Balaban J connectivity index is 2.47. The lowest BCUT2D eigenvalue weighted by molar-refractivity contribution is 0.631. The highest BCUT2D eigenvalue weighted by molar-refractivity contribution is 9.10. The molecule has 0 heterocycles. The van der Waals surface area contributed by atoms with Gasteiger partial charge in [0.1, 0.15) is 10.8 Å². The molecule has 0 unspecified atom stereocenters. The molecular formula is C13H9BrClFN2S. The topological polar surface area (TPSA) is 38.0 Å². The van der Waals surface area contributed by atoms with Crippen LogP contribution in [0.3, 0.4) is 0 Å². The second-order valence-electron chi connectivity index (χ2n) is 3.78. The van der Waals surface area contributed by atoms with Crippen LogP contribution in [0.25, 0.3) is 0 Å². The standard InChI is InChI=1S/C13H9BrClFN2S/c14-9-2-1-3-10(16)12(9)18-11-5-4-7(15)6-8(11)13(17)19/h1-6,18H,(H2,17,19). The molecule has 0 aliphatic heterocycles. The van der Waals surface area contributed by atoms with Gasteiger partial charge in [-0.3, -0.25) is 0 Å². The van der Waals surface area contributed by atoms with Crippen LogP contribution in [0.1, 0.15) is 5.56 Å². The van der Waals surface area contributed by atoms with E-state index in [4.69, 9.17) is 29.6 Å². The lowest BCUT2D eigenvalue weighted by atomic mass is 10.1. The van der Waals surface area contributed by atoms with E-state index in [2.05, 4.69) is 21.2 Å². The number of benzene rings is 2. The fourth-order valence-electron chi connectivity index (χ4n) is 1.58. The summed E-state index contributed by atoms with van der Waals surface area (Å²) in [7, 11) is 0. The highest BCUT2D eigenvalue weighted by Gasteiger charge is 2.11. The number of thiocarbonyl (C=S) groups is 1. The van der Waals surface area contributed by atoms with E-state index in [1.807, 2.05) is 0 Å². The number of halogens is 3. The van der Waals surface area contributed by atoms with Crippen molar-refractivity contribution in [2.45, 2.75) is 0 Å². The number of hydrogen-bond acceptors (Lipinski definition) is 2. The number of nitrogens with two attached hydrogens (primary N) is 1. The van der Waals surface area contributed by atoms with Crippen molar-refractivity contribution in [2.75, 3.05) is 5.32 Å². The Morgan fingerprint density at radius 2 is 2.05 bits per heavy atom. The number of para-hydroxylation sites is 1. The lowest BCUT2D eigenvalue weighted by Gasteiger charge is -2.13. The van der Waals surface area contributed by atoms with Gasteiger partial charge in [0.15, 0.2) is 0 Å². The third kappa shape index (κ3) is 3.23. The SMILES string of the molecule is NC(=S)c1cc(Cl)ccc1Nc1c(F)cccc1Br. The number of nitrogens with one attached hydrogen (secondary N) is 1. The van der Waals surface area contributed by atoms with Crippen LogP contribution in [-0.4, -0.2) is 4.99 Å². The molecule has 0 aliphatic carbocycles. The Hall–Kier alpha value is -1.17. The van der Waals surface area contributed by atoms with Gasteiger partial charge in [0.05, 0.1) is 5.69 Å². The van der Waals surface area contributed by atoms with Crippen molar-refractivity contribution >= 4 is 56.1 Å². The molecule has 0 aromatic heterocycles. The highest BCUT2D eigenvalue weighted by Crippen LogP contribution is 2.31. The smallest absolute Gasteiger partial charge is 0.147 e. The van der Waals surface area contributed by atoms with Gasteiger partial charge in [0.25, 0.3) is 0 Å². The normalized spacial score (nSPS) is 10.3. The molecule has 0 fully saturated rings. The van der Waals surface area contributed by atoms with Crippen molar-refractivity contribution in [2.24, 2.45) is 5.73 Å². The summed E-state index contributed by atoms with van der Waals surface area (Å²) in [4.78, 5) is 0.192. The second-order valence-corrected chi connectivity index (χ2v) is 5.51. The molecule has 0 saturated heterocycles. The van der Waals surface area contributed by atoms with Crippen molar-refractivity contribution in [3.05, 3.63) is 57.3 Å². The van der Waals surface area contributed by atoms with E-state index in [-0.39, 0.29) is 10.8 Å². The summed E-state index contributed by atoms with van der Waals surface area (Å²) in [6.07, 6.45) is 0. The van der Waals surface area contributed by atoms with Crippen LogP contribution in [0.4, 0.5) is 15.8 Å². The van der Waals surface area contributed by atoms with E-state index in [0.29, 0.717) is 26.4 Å². The Morgan fingerprint density at radius 3 is 2.68 bits per heavy atom. The van der Waals surface area contributed by atoms with Gasteiger partial charge in [-0.25, -0.2) is 4.39 Å². The summed E-state index contributed by atoms with van der Waals surface area (Å²) >= 11 is 14.2. The first-order chi connectivity index (χ1) is 8.99. The molecule has 2 aromatic carbocycles. The zero-order chi connectivity index (χ0) is 14.0. The Bertz CT molecular complexity index is 628. The largest absolute Gasteiger partial charge is 0.389 e. The predicted octanol–water partition coefficient (Wildman–Crippen LogP) is 4.62. The average Bonchev–Trinajstić information content (AvgIpc) is 2.35. The van der Waals surface area contributed by atoms with Crippen molar-refractivity contribution < 1.29 is 4.39 Å². The quantitative estimate of drug-likeness (QED) is 0.785. The van der Waals surface area contributed by atoms with E-state index >= 15 is 0 Å². The molecule has 2 nitrogen and oxygen atoms in total. The van der Waals surface area contributed by atoms with Crippen molar-refractivity contribution in [3.8, 4) is 0 Å². The second kappa shape index (κ2) is 5.86. The fourth-order valence-corrected chi connectivity index (χ4v) is 2.36. The van der Waals surface area contributed by atoms with Crippen molar-refractivity contribution in [1.29, 1.82) is 0 Å². The third-order valence-electron chi connectivity index (χ3n) is 2.47. The molecule has 2 aromatic rings. The van der Waals surface area contributed by atoms with Gasteiger partial charge in [-0.2, -0.15) is 0 Å². The minimum Gasteiger partial charge on any atom is -0.389 e. The minimum absolute atomic E-state index is 0.192. The van der Waals surface area contributed by atoms with Gasteiger partial charge < -0.3 is 11.1 Å². The highest BCUT2D eigenvalue weighted by atomic mass is 79.9. The molecule has 0 aliphatic rings. The molecule has 0 saturated carbocycles. The Morgan fingerprint density at radius 1 is 1.32 bits per heavy atom. The average molecular weight is 360 g/mol. The molecule has 0 spiro atoms. The molecule has 98 valence electrons. The molecule has 3 N–H and O–H groups in total. The summed E-state index contributed by atoms with van der Waals surface area (Å²) < 4.78 is 14.4. The summed E-state index contributed by atoms with van der Waals surface area (Å²) in [6.45, 7) is 0. The third-order valence-corrected chi connectivity index (χ3v) is 3.59. The molecule has 6 heteroatoms. The molecule has 0 amide bonds. The monoisotopic (exact) mass is 358 g/mol. The molecular weight excluding hydrogens is 351 g/mol. The van der Waals surface area contributed by atoms with Gasteiger partial charge in [-0.1, -0.05) is 29.9 Å². The molecule has 0 bridgehead atoms. The summed E-state index contributed by atoms with van der Waals surface area (Å²) in [6, 6.07) is 9.74. The van der Waals surface area contributed by atoms with Gasteiger partial charge in [-0.05, 0) is 46.3 Å². The van der Waals surface area contributed by atoms with E-state index in [0.717, 1.165) is 0 Å². The summed E-state index contributed by atoms with van der Waals surface area (Å²) in [5, 5.41) is 3.48. The van der Waals surface area contributed by atoms with Gasteiger partial charge in [0, 0.05) is 20.7 Å². The first kappa shape index (κ1) is 14.2. The van der Waals surface area contributed by atoms with E-state index in [9.17, 15) is 4.39 Å². The summed E-state index contributed by atoms with van der Waals surface area (Å²) in [5.74, 6) is -0.377. The van der Waals surface area contributed by atoms with Crippen LogP contribution < -0.4 is 11.1 Å². The zero-order valence-corrected chi connectivity index (χ0v) is 12.7. The van der Waals surface area contributed by atoms with Crippen LogP contribution in [0.2, 0.25) is 5.02 Å². The molecule has 19 heavy (non-hydrogen) atoms. The van der Waals surface area contributed by atoms with Crippen molar-refractivity contribution in [3.63, 3.8) is 0 Å². The van der Waals surface area contributed by atoms with Crippen LogP contribution in [-0.2, 0) is 0 Å². The first-order valence-electron chi connectivity index (χ1n) is 5.29. The van der Waals surface area contributed by atoms with Gasteiger partial charge in [0.2, 0.25) is 0 Å². The van der Waals surface area contributed by atoms with Crippen LogP contribution in [0.5, 0.6) is 0 Å². The van der Waals surface area contributed by atoms with Crippen molar-refractivity contribution in [1.82, 2.24) is 0 Å². The summed E-state index contributed by atoms with van der Waals surface area (Å²) in [5.41, 5.74) is 7.13. The molecule has 0 atom stereocenters. The Labute approximate surface area is 128 Å². The molecule has 2 rings (SSSR count). The number of rotatable bonds is 3. The maximum Gasteiger partial charge on any atom is 0.147 e. The maximum atomic E-state index is 13.8. The van der Waals surface area contributed by atoms with Crippen LogP contribution in [0, 0.1) is 5.82 Å². The predicted molar refractivity (Wildman–Crippen MR) is 84.7 cm³/mol. The van der Waals surface area contributed by atoms with E-state index in [1.54, 1.807) is 30.3 Å². The zero-order valence-electron chi connectivity index (χ0n) is 9.58. The Kier molecular flexibility index (Phi) is 4.39. The first-order valence-corrected chi connectivity index (χ1v) is 6.87. The molecule has 0 radical (unpaired) electrons. The van der Waals surface area contributed by atoms with Gasteiger partial charge in [-0.15, -0.1) is 0 Å². The van der Waals surface area contributed by atoms with Crippen LogP contribution >= 0.6 is 39.7 Å². The number of anilines is 2. The van der Waals surface area contributed by atoms with E-state index in [1.165, 1.54) is 6.07 Å². The minimum atomic E-state index is -0.377. The maximum absolute atomic E-state index is 13.8. The van der Waals surface area contributed by atoms with E-state index < -0.39 is 0 Å². The van der Waals surface area contributed by atoms with Gasteiger partial charge >= 0.3 is 0 Å². The number of hydrogen-bond donors (Lipinski definition) is 2. The fraction of sp³-hybridized carbons (Fsp3) is 0. The van der Waals surface area contributed by atoms with Crippen LogP contribution in [0.15, 0.2) is 40.9 Å².